The summed E-state index contributed by atoms with van der Waals surface area (Å²) >= 11 is 0. The second-order valence-electron chi connectivity index (χ2n) is 4.96. The lowest BCUT2D eigenvalue weighted by atomic mass is 10.1. The molecule has 5 heteroatoms. The zero-order valence-corrected chi connectivity index (χ0v) is 11.8. The summed E-state index contributed by atoms with van der Waals surface area (Å²) in [5, 5.41) is 7.68. The Morgan fingerprint density at radius 1 is 1.58 bits per heavy atom. The van der Waals surface area contributed by atoms with Gasteiger partial charge in [-0.3, -0.25) is 9.48 Å². The van der Waals surface area contributed by atoms with E-state index in [0.717, 1.165) is 25.1 Å². The summed E-state index contributed by atoms with van der Waals surface area (Å²) < 4.78 is 7.44. The first-order chi connectivity index (χ1) is 9.24. The lowest BCUT2D eigenvalue weighted by molar-refractivity contribution is -0.131. The van der Waals surface area contributed by atoms with Gasteiger partial charge in [-0.2, -0.15) is 5.10 Å². The highest BCUT2D eigenvalue weighted by Gasteiger charge is 2.22. The Labute approximate surface area is 114 Å². The van der Waals surface area contributed by atoms with E-state index in [4.69, 9.17) is 4.74 Å². The van der Waals surface area contributed by atoms with Crippen molar-refractivity contribution in [3.63, 3.8) is 0 Å². The van der Waals surface area contributed by atoms with Gasteiger partial charge in [-0.05, 0) is 18.9 Å². The first-order valence-electron chi connectivity index (χ1n) is 7.13. The van der Waals surface area contributed by atoms with Crippen LogP contribution in [0.3, 0.4) is 0 Å². The maximum Gasteiger partial charge on any atom is 0.168 e. The Morgan fingerprint density at radius 3 is 3.00 bits per heavy atom. The SMILES string of the molecule is CCC(CC)n1ccc(CC(=O)C2CNCCO2)n1. The fourth-order valence-corrected chi connectivity index (χ4v) is 2.40. The van der Waals surface area contributed by atoms with Crippen LogP contribution in [-0.4, -0.2) is 41.4 Å². The third-order valence-corrected chi connectivity index (χ3v) is 3.62. The van der Waals surface area contributed by atoms with Crippen LogP contribution in [-0.2, 0) is 16.0 Å². The van der Waals surface area contributed by atoms with Crippen molar-refractivity contribution in [1.29, 1.82) is 0 Å². The lowest BCUT2D eigenvalue weighted by Crippen LogP contribution is -2.43. The number of carbonyl (C=O) groups excluding carboxylic acids is 1. The molecule has 1 aliphatic rings. The summed E-state index contributed by atoms with van der Waals surface area (Å²) in [6, 6.07) is 2.36. The van der Waals surface area contributed by atoms with Crippen LogP contribution < -0.4 is 5.32 Å². The van der Waals surface area contributed by atoms with Crippen LogP contribution >= 0.6 is 0 Å². The van der Waals surface area contributed by atoms with Gasteiger partial charge in [-0.25, -0.2) is 0 Å². The summed E-state index contributed by atoms with van der Waals surface area (Å²) in [6.07, 6.45) is 4.13. The molecule has 0 spiro atoms. The van der Waals surface area contributed by atoms with Crippen molar-refractivity contribution < 1.29 is 9.53 Å². The lowest BCUT2D eigenvalue weighted by Gasteiger charge is -2.22. The van der Waals surface area contributed by atoms with E-state index in [1.165, 1.54) is 0 Å². The van der Waals surface area contributed by atoms with Crippen molar-refractivity contribution in [3.8, 4) is 0 Å². The first-order valence-corrected chi connectivity index (χ1v) is 7.13. The van der Waals surface area contributed by atoms with E-state index in [1.54, 1.807) is 0 Å². The molecular formula is C14H23N3O2. The van der Waals surface area contributed by atoms with E-state index in [2.05, 4.69) is 24.3 Å². The van der Waals surface area contributed by atoms with E-state index in [1.807, 2.05) is 16.9 Å². The van der Waals surface area contributed by atoms with E-state index in [9.17, 15) is 4.79 Å². The molecule has 1 N–H and O–H groups in total. The number of ketones is 1. The quantitative estimate of drug-likeness (QED) is 0.843. The van der Waals surface area contributed by atoms with E-state index in [-0.39, 0.29) is 11.9 Å². The average molecular weight is 265 g/mol. The summed E-state index contributed by atoms with van der Waals surface area (Å²) in [7, 11) is 0. The molecule has 1 atom stereocenters. The van der Waals surface area contributed by atoms with Crippen molar-refractivity contribution in [2.24, 2.45) is 0 Å². The van der Waals surface area contributed by atoms with Crippen LogP contribution in [0.25, 0.3) is 0 Å². The third kappa shape index (κ3) is 3.64. The molecule has 0 aromatic carbocycles. The number of hydrogen-bond acceptors (Lipinski definition) is 4. The Morgan fingerprint density at radius 2 is 2.37 bits per heavy atom. The van der Waals surface area contributed by atoms with Gasteiger partial charge in [-0.15, -0.1) is 0 Å². The molecular weight excluding hydrogens is 242 g/mol. The smallest absolute Gasteiger partial charge is 0.168 e. The molecule has 1 aromatic rings. The maximum atomic E-state index is 12.1. The minimum Gasteiger partial charge on any atom is -0.368 e. The Hall–Kier alpha value is -1.20. The number of nitrogens with zero attached hydrogens (tertiary/aromatic N) is 2. The summed E-state index contributed by atoms with van der Waals surface area (Å²) in [6.45, 7) is 6.36. The molecule has 106 valence electrons. The topological polar surface area (TPSA) is 56.2 Å². The van der Waals surface area contributed by atoms with E-state index in [0.29, 0.717) is 25.6 Å². The molecule has 0 saturated carbocycles. The Bertz CT molecular complexity index is 407. The second kappa shape index (κ2) is 6.82. The highest BCUT2D eigenvalue weighted by Crippen LogP contribution is 2.15. The molecule has 1 aromatic heterocycles. The van der Waals surface area contributed by atoms with E-state index < -0.39 is 0 Å². The van der Waals surface area contributed by atoms with Crippen LogP contribution in [0.2, 0.25) is 0 Å². The predicted molar refractivity (Wildman–Crippen MR) is 73.2 cm³/mol. The van der Waals surface area contributed by atoms with Crippen molar-refractivity contribution in [3.05, 3.63) is 18.0 Å². The molecule has 2 heterocycles. The number of morpholine rings is 1. The normalized spacial score (nSPS) is 19.8. The third-order valence-electron chi connectivity index (χ3n) is 3.62. The highest BCUT2D eigenvalue weighted by atomic mass is 16.5. The fourth-order valence-electron chi connectivity index (χ4n) is 2.40. The van der Waals surface area contributed by atoms with Gasteiger partial charge in [-0.1, -0.05) is 13.8 Å². The number of ether oxygens (including phenoxy) is 1. The standard InChI is InChI=1S/C14H23N3O2/c1-3-12(4-2)17-7-5-11(16-17)9-13(18)14-10-15-6-8-19-14/h5,7,12,14-15H,3-4,6,8-10H2,1-2H3. The molecule has 1 saturated heterocycles. The molecule has 2 rings (SSSR count). The minimum atomic E-state index is -0.313. The average Bonchev–Trinajstić information content (AvgIpc) is 2.89. The number of hydrogen-bond donors (Lipinski definition) is 1. The molecule has 0 aliphatic carbocycles. The molecule has 0 amide bonds. The minimum absolute atomic E-state index is 0.113. The van der Waals surface area contributed by atoms with Crippen molar-refractivity contribution in [2.45, 2.75) is 45.3 Å². The largest absolute Gasteiger partial charge is 0.368 e. The fraction of sp³-hybridized carbons (Fsp3) is 0.714. The van der Waals surface area contributed by atoms with Gasteiger partial charge in [0.05, 0.1) is 24.8 Å². The highest BCUT2D eigenvalue weighted by molar-refractivity contribution is 5.85. The molecule has 0 radical (unpaired) electrons. The summed E-state index contributed by atoms with van der Waals surface area (Å²) in [4.78, 5) is 12.1. The number of nitrogens with one attached hydrogen (secondary N) is 1. The van der Waals surface area contributed by atoms with Gasteiger partial charge < -0.3 is 10.1 Å². The summed E-state index contributed by atoms with van der Waals surface area (Å²) in [5.74, 6) is 0.113. The van der Waals surface area contributed by atoms with Crippen molar-refractivity contribution in [2.75, 3.05) is 19.7 Å². The Balaban J connectivity index is 1.93. The Kier molecular flexibility index (Phi) is 5.10. The predicted octanol–water partition coefficient (Wildman–Crippen LogP) is 1.34. The van der Waals surface area contributed by atoms with Crippen molar-refractivity contribution >= 4 is 5.78 Å². The number of aromatic nitrogens is 2. The zero-order valence-electron chi connectivity index (χ0n) is 11.8. The molecule has 19 heavy (non-hydrogen) atoms. The van der Waals surface area contributed by atoms with Crippen LogP contribution in [0.1, 0.15) is 38.4 Å². The number of rotatable bonds is 6. The molecule has 1 fully saturated rings. The maximum absolute atomic E-state index is 12.1. The summed E-state index contributed by atoms with van der Waals surface area (Å²) in [5.41, 5.74) is 0.839. The van der Waals surface area contributed by atoms with Crippen LogP contribution in [0.4, 0.5) is 0 Å². The zero-order chi connectivity index (χ0) is 13.7. The number of Topliss-reactive ketones (excluding diaryl/α,β-unsaturated/α-hetero) is 1. The van der Waals surface area contributed by atoms with Crippen LogP contribution in [0.5, 0.6) is 0 Å². The molecule has 0 bridgehead atoms. The first kappa shape index (κ1) is 14.2. The number of carbonyl (C=O) groups is 1. The van der Waals surface area contributed by atoms with E-state index >= 15 is 0 Å². The second-order valence-corrected chi connectivity index (χ2v) is 4.96. The van der Waals surface area contributed by atoms with Gasteiger partial charge in [0.15, 0.2) is 5.78 Å². The van der Waals surface area contributed by atoms with Gasteiger partial charge in [0.2, 0.25) is 0 Å². The van der Waals surface area contributed by atoms with Crippen molar-refractivity contribution in [1.82, 2.24) is 15.1 Å². The van der Waals surface area contributed by atoms with Crippen LogP contribution in [0, 0.1) is 0 Å². The van der Waals surface area contributed by atoms with Gasteiger partial charge >= 0.3 is 0 Å². The molecule has 1 aliphatic heterocycles. The monoisotopic (exact) mass is 265 g/mol. The molecule has 1 unspecified atom stereocenters. The molecule has 5 nitrogen and oxygen atoms in total. The van der Waals surface area contributed by atoms with Gasteiger partial charge in [0, 0.05) is 19.3 Å². The van der Waals surface area contributed by atoms with Gasteiger partial charge in [0.1, 0.15) is 6.10 Å². The van der Waals surface area contributed by atoms with Gasteiger partial charge in [0.25, 0.3) is 0 Å². The van der Waals surface area contributed by atoms with Crippen LogP contribution in [0.15, 0.2) is 12.3 Å².